The van der Waals surface area contributed by atoms with Crippen LogP contribution in [0, 0.1) is 0 Å². The van der Waals surface area contributed by atoms with Gasteiger partial charge in [-0.15, -0.1) is 11.3 Å². The molecule has 1 saturated heterocycles. The van der Waals surface area contributed by atoms with Crippen molar-refractivity contribution in [1.82, 2.24) is 15.2 Å². The number of hydrogen-bond donors (Lipinski definition) is 2. The summed E-state index contributed by atoms with van der Waals surface area (Å²) >= 11 is 0.469. The molecule has 1 aromatic heterocycles. The van der Waals surface area contributed by atoms with E-state index in [1.54, 1.807) is 0 Å². The normalized spacial score (nSPS) is 16.3. The molecular weight excluding hydrogens is 460 g/mol. The number of benzene rings is 1. The molecule has 1 unspecified atom stereocenters. The van der Waals surface area contributed by atoms with E-state index in [0.29, 0.717) is 11.3 Å². The predicted octanol–water partition coefficient (Wildman–Crippen LogP) is 4.28. The fraction of sp³-hybridized carbons (Fsp3) is 0.500. The molecule has 2 aromatic rings. The molecular formula is C20H21F6N3O2S. The molecule has 0 saturated carbocycles. The number of likely N-dealkylation sites (tertiary alicyclic amines) is 1. The van der Waals surface area contributed by atoms with E-state index in [1.165, 1.54) is 12.1 Å². The van der Waals surface area contributed by atoms with E-state index in [4.69, 9.17) is 0 Å². The lowest BCUT2D eigenvalue weighted by Gasteiger charge is -2.17. The van der Waals surface area contributed by atoms with Gasteiger partial charge in [-0.05, 0) is 44.0 Å². The summed E-state index contributed by atoms with van der Waals surface area (Å²) in [4.78, 5) is 17.1. The maximum atomic E-state index is 13.4. The maximum absolute atomic E-state index is 13.4. The standard InChI is InChI=1S/C20H21F6N3O2S/c21-19(22,23)13-5-3-4-12(10-13)6-7-27-17(31)15-16(20(24,25)26)28-18(32-15)14(30)11-29-8-1-2-9-29/h3-5,10,14,30H,1-2,6-9,11H2,(H,27,31). The van der Waals surface area contributed by atoms with E-state index in [2.05, 4.69) is 10.3 Å². The molecule has 5 nitrogen and oxygen atoms in total. The largest absolute Gasteiger partial charge is 0.435 e. The van der Waals surface area contributed by atoms with E-state index < -0.39 is 40.5 Å². The van der Waals surface area contributed by atoms with Gasteiger partial charge in [0, 0.05) is 13.1 Å². The molecule has 2 N–H and O–H groups in total. The lowest BCUT2D eigenvalue weighted by molar-refractivity contribution is -0.141. The van der Waals surface area contributed by atoms with Crippen molar-refractivity contribution in [1.29, 1.82) is 0 Å². The van der Waals surface area contributed by atoms with Crippen molar-refractivity contribution in [2.24, 2.45) is 0 Å². The van der Waals surface area contributed by atoms with E-state index in [0.717, 1.165) is 38.1 Å². The molecule has 12 heteroatoms. The van der Waals surface area contributed by atoms with Crippen LogP contribution in [0.15, 0.2) is 24.3 Å². The van der Waals surface area contributed by atoms with Crippen LogP contribution in [0.1, 0.15) is 50.4 Å². The summed E-state index contributed by atoms with van der Waals surface area (Å²) in [6, 6.07) is 4.48. The summed E-state index contributed by atoms with van der Waals surface area (Å²) in [5.41, 5.74) is -1.95. The van der Waals surface area contributed by atoms with Gasteiger partial charge in [-0.25, -0.2) is 4.98 Å². The highest BCUT2D eigenvalue weighted by Gasteiger charge is 2.40. The Kier molecular flexibility index (Phi) is 7.46. The number of carbonyl (C=O) groups is 1. The van der Waals surface area contributed by atoms with Crippen LogP contribution >= 0.6 is 11.3 Å². The number of thiazole rings is 1. The predicted molar refractivity (Wildman–Crippen MR) is 105 cm³/mol. The first-order valence-corrected chi connectivity index (χ1v) is 10.7. The molecule has 1 aliphatic heterocycles. The van der Waals surface area contributed by atoms with Crippen LogP contribution in [0.25, 0.3) is 0 Å². The van der Waals surface area contributed by atoms with Crippen molar-refractivity contribution < 1.29 is 36.2 Å². The number of nitrogens with one attached hydrogen (secondary N) is 1. The van der Waals surface area contributed by atoms with Crippen LogP contribution in [-0.2, 0) is 18.8 Å². The van der Waals surface area contributed by atoms with Gasteiger partial charge in [0.1, 0.15) is 16.0 Å². The third kappa shape index (κ3) is 6.20. The van der Waals surface area contributed by atoms with Gasteiger partial charge >= 0.3 is 12.4 Å². The second-order valence-corrected chi connectivity index (χ2v) is 8.49. The van der Waals surface area contributed by atoms with Gasteiger partial charge in [0.05, 0.1) is 5.56 Å². The minimum absolute atomic E-state index is 0.000255. The van der Waals surface area contributed by atoms with Crippen molar-refractivity contribution in [2.45, 2.75) is 37.7 Å². The van der Waals surface area contributed by atoms with Crippen molar-refractivity contribution in [3.63, 3.8) is 0 Å². The van der Waals surface area contributed by atoms with Crippen LogP contribution < -0.4 is 5.32 Å². The van der Waals surface area contributed by atoms with Crippen LogP contribution in [-0.4, -0.2) is 47.1 Å². The number of rotatable bonds is 7. The summed E-state index contributed by atoms with van der Waals surface area (Å²) in [5.74, 6) is -1.04. The average molecular weight is 481 g/mol. The number of amides is 1. The van der Waals surface area contributed by atoms with Crippen molar-refractivity contribution in [3.8, 4) is 0 Å². The number of aliphatic hydroxyl groups excluding tert-OH is 1. The van der Waals surface area contributed by atoms with Gasteiger partial charge in [0.2, 0.25) is 0 Å². The summed E-state index contributed by atoms with van der Waals surface area (Å²) in [6.45, 7) is 1.43. The molecule has 1 fully saturated rings. The molecule has 1 amide bonds. The Labute approximate surface area is 184 Å². The summed E-state index contributed by atoms with van der Waals surface area (Å²) in [5, 5.41) is 12.4. The number of halogens is 6. The Balaban J connectivity index is 1.68. The van der Waals surface area contributed by atoms with E-state index in [1.807, 2.05) is 4.90 Å². The summed E-state index contributed by atoms with van der Waals surface area (Å²) in [6.07, 6.45) is -8.78. The first kappa shape index (κ1) is 24.5. The summed E-state index contributed by atoms with van der Waals surface area (Å²) in [7, 11) is 0. The number of alkyl halides is 6. The molecule has 1 atom stereocenters. The molecule has 0 aliphatic carbocycles. The second kappa shape index (κ2) is 9.75. The minimum atomic E-state index is -4.89. The third-order valence-electron chi connectivity index (χ3n) is 4.99. The SMILES string of the molecule is O=C(NCCc1cccc(C(F)(F)F)c1)c1sc(C(O)CN2CCCC2)nc1C(F)(F)F. The quantitative estimate of drug-likeness (QED) is 0.580. The highest BCUT2D eigenvalue weighted by Crippen LogP contribution is 2.36. The van der Waals surface area contributed by atoms with E-state index in [9.17, 15) is 36.2 Å². The van der Waals surface area contributed by atoms with Crippen LogP contribution in [0.5, 0.6) is 0 Å². The number of aliphatic hydroxyl groups is 1. The Morgan fingerprint density at radius 1 is 1.16 bits per heavy atom. The Bertz CT molecular complexity index is 938. The fourth-order valence-corrected chi connectivity index (χ4v) is 4.40. The van der Waals surface area contributed by atoms with Gasteiger partial charge in [-0.3, -0.25) is 4.79 Å². The zero-order chi connectivity index (χ0) is 23.5. The lowest BCUT2D eigenvalue weighted by atomic mass is 10.1. The van der Waals surface area contributed by atoms with Crippen LogP contribution in [0.2, 0.25) is 0 Å². The average Bonchev–Trinajstić information content (AvgIpc) is 3.37. The number of carbonyl (C=O) groups excluding carboxylic acids is 1. The maximum Gasteiger partial charge on any atom is 0.435 e. The van der Waals surface area contributed by atoms with Crippen LogP contribution in [0.3, 0.4) is 0 Å². The highest BCUT2D eigenvalue weighted by molar-refractivity contribution is 7.13. The topological polar surface area (TPSA) is 65.5 Å². The first-order chi connectivity index (χ1) is 14.9. The number of aromatic nitrogens is 1. The van der Waals surface area contributed by atoms with E-state index >= 15 is 0 Å². The smallest absolute Gasteiger partial charge is 0.385 e. The molecule has 0 spiro atoms. The Hall–Kier alpha value is -2.18. The number of hydrogen-bond acceptors (Lipinski definition) is 5. The first-order valence-electron chi connectivity index (χ1n) is 9.88. The van der Waals surface area contributed by atoms with Gasteiger partial charge in [0.15, 0.2) is 5.69 Å². The Morgan fingerprint density at radius 3 is 2.47 bits per heavy atom. The Morgan fingerprint density at radius 2 is 1.84 bits per heavy atom. The molecule has 1 aromatic carbocycles. The molecule has 32 heavy (non-hydrogen) atoms. The second-order valence-electron chi connectivity index (χ2n) is 7.46. The third-order valence-corrected chi connectivity index (χ3v) is 6.14. The molecule has 2 heterocycles. The van der Waals surface area contributed by atoms with Crippen molar-refractivity contribution >= 4 is 17.2 Å². The molecule has 3 rings (SSSR count). The number of β-amino-alcohol motifs (C(OH)–C–C–N with tert-alkyl or cyclic N) is 1. The molecule has 176 valence electrons. The lowest BCUT2D eigenvalue weighted by Crippen LogP contribution is -2.27. The van der Waals surface area contributed by atoms with Gasteiger partial charge in [-0.1, -0.05) is 18.2 Å². The minimum Gasteiger partial charge on any atom is -0.385 e. The fourth-order valence-electron chi connectivity index (χ4n) is 3.42. The van der Waals surface area contributed by atoms with Gasteiger partial charge in [-0.2, -0.15) is 26.3 Å². The van der Waals surface area contributed by atoms with Gasteiger partial charge < -0.3 is 15.3 Å². The summed E-state index contributed by atoms with van der Waals surface area (Å²) < 4.78 is 78.6. The molecule has 0 radical (unpaired) electrons. The zero-order valence-electron chi connectivity index (χ0n) is 16.8. The number of nitrogens with zero attached hydrogens (tertiary/aromatic N) is 2. The zero-order valence-corrected chi connectivity index (χ0v) is 17.6. The van der Waals surface area contributed by atoms with Crippen molar-refractivity contribution in [3.05, 3.63) is 51.0 Å². The van der Waals surface area contributed by atoms with Crippen molar-refractivity contribution in [2.75, 3.05) is 26.2 Å². The van der Waals surface area contributed by atoms with Crippen LogP contribution in [0.4, 0.5) is 26.3 Å². The van der Waals surface area contributed by atoms with E-state index in [-0.39, 0.29) is 30.1 Å². The molecule has 1 aliphatic rings. The highest BCUT2D eigenvalue weighted by atomic mass is 32.1. The monoisotopic (exact) mass is 481 g/mol. The molecule has 0 bridgehead atoms. The van der Waals surface area contributed by atoms with Gasteiger partial charge in [0.25, 0.3) is 5.91 Å².